The van der Waals surface area contributed by atoms with Gasteiger partial charge in [0.25, 0.3) is 11.8 Å². The third kappa shape index (κ3) is 3.95. The van der Waals surface area contributed by atoms with Crippen molar-refractivity contribution in [3.63, 3.8) is 0 Å². The zero-order valence-corrected chi connectivity index (χ0v) is 19.1. The van der Waals surface area contributed by atoms with Gasteiger partial charge in [-0.15, -0.1) is 0 Å². The van der Waals surface area contributed by atoms with Crippen molar-refractivity contribution >= 4 is 40.9 Å². The number of allylic oxidation sites excluding steroid dienone is 1. The van der Waals surface area contributed by atoms with Gasteiger partial charge in [-0.2, -0.15) is 0 Å². The third-order valence-corrected chi connectivity index (χ3v) is 5.96. The molecule has 4 rings (SSSR count). The number of urea groups is 1. The van der Waals surface area contributed by atoms with Crippen LogP contribution in [-0.4, -0.2) is 29.9 Å². The lowest BCUT2D eigenvalue weighted by molar-refractivity contribution is -0.122. The monoisotopic (exact) mass is 447 g/mol. The summed E-state index contributed by atoms with van der Waals surface area (Å²) in [4.78, 5) is 40.9. The maximum absolute atomic E-state index is 15.3. The number of carbonyl (C=O) groups is 3. The second-order valence-electron chi connectivity index (χ2n) is 8.82. The Morgan fingerprint density at radius 3 is 2.45 bits per heavy atom. The maximum atomic E-state index is 15.3. The van der Waals surface area contributed by atoms with Crippen molar-refractivity contribution in [1.29, 1.82) is 0 Å². The number of imide groups is 2. The fourth-order valence-electron chi connectivity index (χ4n) is 4.48. The van der Waals surface area contributed by atoms with E-state index in [1.807, 2.05) is 6.92 Å². The first-order chi connectivity index (χ1) is 15.6. The average molecular weight is 448 g/mol. The fourth-order valence-corrected chi connectivity index (χ4v) is 4.48. The molecule has 6 nitrogen and oxygen atoms in total. The van der Waals surface area contributed by atoms with E-state index < -0.39 is 23.7 Å². The van der Waals surface area contributed by atoms with Gasteiger partial charge in [-0.25, -0.2) is 14.1 Å². The molecule has 170 valence electrons. The number of nitrogens with one attached hydrogen (secondary N) is 1. The molecule has 7 heteroatoms. The van der Waals surface area contributed by atoms with Gasteiger partial charge in [0.2, 0.25) is 0 Å². The first-order valence-electron chi connectivity index (χ1n) is 10.9. The SMILES string of the molecule is CCCN1c2cc(F)c(/C=C3/C(=O)NC(=O)N(c4ccccc4)C3=O)cc2C(C)=CC1(C)C. The zero-order valence-electron chi connectivity index (χ0n) is 19.1. The number of barbiturate groups is 1. The first-order valence-corrected chi connectivity index (χ1v) is 10.9. The van der Waals surface area contributed by atoms with Crippen LogP contribution in [0.2, 0.25) is 0 Å². The number of hydrogen-bond acceptors (Lipinski definition) is 4. The third-order valence-electron chi connectivity index (χ3n) is 5.96. The van der Waals surface area contributed by atoms with Crippen LogP contribution >= 0.6 is 0 Å². The number of halogens is 1. The highest BCUT2D eigenvalue weighted by atomic mass is 19.1. The lowest BCUT2D eigenvalue weighted by Crippen LogP contribution is -2.54. The van der Waals surface area contributed by atoms with E-state index in [2.05, 4.69) is 37.1 Å². The van der Waals surface area contributed by atoms with Crippen LogP contribution < -0.4 is 15.1 Å². The minimum absolute atomic E-state index is 0.110. The minimum Gasteiger partial charge on any atom is -0.362 e. The standard InChI is InChI=1S/C26H26FN3O3/c1-5-11-29-22-14-21(27)17(12-19(22)16(2)15-26(29,3)4)13-20-23(31)28-25(33)30(24(20)32)18-9-7-6-8-10-18/h6-10,12-15H,5,11H2,1-4H3,(H,28,31,33)/b20-13-. The number of nitrogens with zero attached hydrogens (tertiary/aromatic N) is 2. The number of carbonyl (C=O) groups excluding carboxylic acids is 3. The summed E-state index contributed by atoms with van der Waals surface area (Å²) in [7, 11) is 0. The summed E-state index contributed by atoms with van der Waals surface area (Å²) in [5, 5.41) is 2.17. The Hall–Kier alpha value is -3.74. The molecule has 0 saturated carbocycles. The number of fused-ring (bicyclic) bond motifs is 1. The van der Waals surface area contributed by atoms with Gasteiger partial charge in [0.1, 0.15) is 11.4 Å². The van der Waals surface area contributed by atoms with Crippen LogP contribution in [0, 0.1) is 5.82 Å². The summed E-state index contributed by atoms with van der Waals surface area (Å²) in [6.45, 7) is 8.97. The summed E-state index contributed by atoms with van der Waals surface area (Å²) in [6, 6.07) is 10.6. The molecule has 0 aromatic heterocycles. The summed E-state index contributed by atoms with van der Waals surface area (Å²) >= 11 is 0. The molecule has 1 saturated heterocycles. The van der Waals surface area contributed by atoms with E-state index >= 15 is 4.39 Å². The second-order valence-corrected chi connectivity index (χ2v) is 8.82. The Labute approximate surface area is 192 Å². The molecule has 0 radical (unpaired) electrons. The van der Waals surface area contributed by atoms with E-state index in [0.717, 1.165) is 34.7 Å². The molecule has 2 aliphatic rings. The molecule has 1 N–H and O–H groups in total. The Morgan fingerprint density at radius 1 is 1.09 bits per heavy atom. The molecule has 2 aliphatic heterocycles. The molecular formula is C26H26FN3O3. The van der Waals surface area contributed by atoms with Crippen molar-refractivity contribution in [1.82, 2.24) is 5.32 Å². The van der Waals surface area contributed by atoms with Gasteiger partial charge in [-0.05, 0) is 63.1 Å². The van der Waals surface area contributed by atoms with Gasteiger partial charge in [-0.3, -0.25) is 14.9 Å². The largest absolute Gasteiger partial charge is 0.362 e. The number of benzene rings is 2. The van der Waals surface area contributed by atoms with Gasteiger partial charge in [0.05, 0.1) is 11.2 Å². The first kappa shape index (κ1) is 22.5. The molecule has 1 fully saturated rings. The summed E-state index contributed by atoms with van der Waals surface area (Å²) in [6.07, 6.45) is 4.25. The average Bonchev–Trinajstić information content (AvgIpc) is 2.75. The highest BCUT2D eigenvalue weighted by Gasteiger charge is 2.37. The highest BCUT2D eigenvalue weighted by Crippen LogP contribution is 2.40. The minimum atomic E-state index is -0.852. The summed E-state index contributed by atoms with van der Waals surface area (Å²) in [5.41, 5.74) is 2.47. The van der Waals surface area contributed by atoms with E-state index in [0.29, 0.717) is 5.69 Å². The van der Waals surface area contributed by atoms with Crippen molar-refractivity contribution in [2.45, 2.75) is 39.7 Å². The maximum Gasteiger partial charge on any atom is 0.335 e. The smallest absolute Gasteiger partial charge is 0.335 e. The fraction of sp³-hybridized carbons (Fsp3) is 0.269. The van der Waals surface area contributed by atoms with Gasteiger partial charge < -0.3 is 4.90 Å². The number of hydrogen-bond donors (Lipinski definition) is 1. The quantitative estimate of drug-likeness (QED) is 0.534. The van der Waals surface area contributed by atoms with Crippen molar-refractivity contribution in [3.05, 3.63) is 71.1 Å². The molecule has 2 aromatic rings. The predicted octanol–water partition coefficient (Wildman–Crippen LogP) is 4.90. The molecule has 0 unspecified atom stereocenters. The van der Waals surface area contributed by atoms with Crippen LogP contribution in [0.3, 0.4) is 0 Å². The van der Waals surface area contributed by atoms with Crippen LogP contribution in [0.25, 0.3) is 11.6 Å². The molecule has 0 atom stereocenters. The lowest BCUT2D eigenvalue weighted by atomic mass is 9.87. The topological polar surface area (TPSA) is 69.7 Å². The van der Waals surface area contributed by atoms with Crippen molar-refractivity contribution < 1.29 is 18.8 Å². The van der Waals surface area contributed by atoms with Gasteiger partial charge in [0.15, 0.2) is 0 Å². The van der Waals surface area contributed by atoms with E-state index in [4.69, 9.17) is 0 Å². The van der Waals surface area contributed by atoms with Gasteiger partial charge in [0, 0.05) is 23.4 Å². The molecule has 0 spiro atoms. The zero-order chi connectivity index (χ0) is 23.9. The van der Waals surface area contributed by atoms with Crippen LogP contribution in [-0.2, 0) is 9.59 Å². The van der Waals surface area contributed by atoms with Crippen LogP contribution in [0.5, 0.6) is 0 Å². The number of rotatable bonds is 4. The Kier molecular flexibility index (Phi) is 5.66. The van der Waals surface area contributed by atoms with Crippen molar-refractivity contribution in [2.75, 3.05) is 16.3 Å². The summed E-state index contributed by atoms with van der Waals surface area (Å²) < 4.78 is 15.3. The Bertz CT molecular complexity index is 1210. The van der Waals surface area contributed by atoms with Crippen LogP contribution in [0.1, 0.15) is 45.2 Å². The van der Waals surface area contributed by atoms with E-state index in [-0.39, 0.29) is 16.7 Å². The van der Waals surface area contributed by atoms with E-state index in [1.54, 1.807) is 36.4 Å². The molecule has 2 heterocycles. The molecule has 2 aromatic carbocycles. The molecule has 0 bridgehead atoms. The number of amides is 4. The molecule has 33 heavy (non-hydrogen) atoms. The number of anilines is 2. The predicted molar refractivity (Wildman–Crippen MR) is 127 cm³/mol. The van der Waals surface area contributed by atoms with Gasteiger partial charge >= 0.3 is 6.03 Å². The van der Waals surface area contributed by atoms with Gasteiger partial charge in [-0.1, -0.05) is 31.2 Å². The van der Waals surface area contributed by atoms with E-state index in [9.17, 15) is 14.4 Å². The molecule has 0 aliphatic carbocycles. The molecule has 4 amide bonds. The normalized spacial score (nSPS) is 18.9. The molecular weight excluding hydrogens is 421 g/mol. The summed E-state index contributed by atoms with van der Waals surface area (Å²) in [5.74, 6) is -2.19. The van der Waals surface area contributed by atoms with E-state index in [1.165, 1.54) is 12.1 Å². The van der Waals surface area contributed by atoms with Crippen LogP contribution in [0.4, 0.5) is 20.6 Å². The van der Waals surface area contributed by atoms with Crippen molar-refractivity contribution in [2.24, 2.45) is 0 Å². The highest BCUT2D eigenvalue weighted by molar-refractivity contribution is 6.39. The Balaban J connectivity index is 1.79. The van der Waals surface area contributed by atoms with Crippen LogP contribution in [0.15, 0.2) is 54.1 Å². The number of para-hydroxylation sites is 1. The van der Waals surface area contributed by atoms with Crippen molar-refractivity contribution in [3.8, 4) is 0 Å². The second kappa shape index (κ2) is 8.31. The lowest BCUT2D eigenvalue weighted by Gasteiger charge is -2.43. The Morgan fingerprint density at radius 2 is 1.79 bits per heavy atom.